The van der Waals surface area contributed by atoms with Gasteiger partial charge in [-0.15, -0.1) is 0 Å². The van der Waals surface area contributed by atoms with E-state index in [1.165, 1.54) is 49.8 Å². The molecule has 2 fully saturated rings. The van der Waals surface area contributed by atoms with E-state index in [0.29, 0.717) is 11.6 Å². The smallest absolute Gasteiger partial charge is 0.127 e. The van der Waals surface area contributed by atoms with Gasteiger partial charge in [-0.2, -0.15) is 0 Å². The molecule has 2 aromatic rings. The largest absolute Gasteiger partial charge is 0.296 e. The maximum Gasteiger partial charge on any atom is 0.127 e. The molecule has 0 bridgehead atoms. The Morgan fingerprint density at radius 2 is 1.85 bits per heavy atom. The summed E-state index contributed by atoms with van der Waals surface area (Å²) >= 11 is 0. The van der Waals surface area contributed by atoms with Crippen molar-refractivity contribution in [2.75, 3.05) is 13.1 Å². The molecular weight excluding hydrogens is 335 g/mol. The molecule has 1 saturated heterocycles. The molecule has 2 aromatic carbocycles. The number of piperidine rings is 1. The third-order valence-electron chi connectivity index (χ3n) is 7.28. The molecule has 1 aliphatic carbocycles. The van der Waals surface area contributed by atoms with Crippen molar-refractivity contribution in [1.82, 2.24) is 9.80 Å². The van der Waals surface area contributed by atoms with E-state index in [-0.39, 0.29) is 5.82 Å². The van der Waals surface area contributed by atoms with Gasteiger partial charge in [-0.3, -0.25) is 9.80 Å². The van der Waals surface area contributed by atoms with Gasteiger partial charge in [-0.25, -0.2) is 4.39 Å². The topological polar surface area (TPSA) is 6.48 Å². The average Bonchev–Trinajstić information content (AvgIpc) is 2.68. The molecule has 0 unspecified atom stereocenters. The molecule has 2 heterocycles. The van der Waals surface area contributed by atoms with E-state index < -0.39 is 0 Å². The highest BCUT2D eigenvalue weighted by Crippen LogP contribution is 2.46. The van der Waals surface area contributed by atoms with Crippen molar-refractivity contribution < 1.29 is 4.39 Å². The van der Waals surface area contributed by atoms with E-state index in [0.717, 1.165) is 31.6 Å². The van der Waals surface area contributed by atoms with Gasteiger partial charge in [-0.05, 0) is 55.7 Å². The molecule has 5 rings (SSSR count). The Morgan fingerprint density at radius 1 is 1.00 bits per heavy atom. The number of nitrogens with zero attached hydrogens (tertiary/aromatic N) is 2. The monoisotopic (exact) mass is 364 g/mol. The quantitative estimate of drug-likeness (QED) is 0.774. The minimum absolute atomic E-state index is 0.0166. The lowest BCUT2D eigenvalue weighted by molar-refractivity contribution is -0.0590. The van der Waals surface area contributed by atoms with Crippen LogP contribution in [0.4, 0.5) is 4.39 Å². The molecular formula is C24H29FN2. The summed E-state index contributed by atoms with van der Waals surface area (Å²) in [4.78, 5) is 5.33. The Hall–Kier alpha value is -1.71. The van der Waals surface area contributed by atoms with E-state index in [4.69, 9.17) is 0 Å². The highest BCUT2D eigenvalue weighted by Gasteiger charge is 2.47. The fourth-order valence-corrected chi connectivity index (χ4v) is 5.55. The van der Waals surface area contributed by atoms with Crippen molar-refractivity contribution in [2.24, 2.45) is 0 Å². The SMILES string of the molecule is Fc1cccc2c1CN([C@H]1CCN(Cc3ccccc3)C3(CCC3)C1)CC2. The molecule has 2 aliphatic heterocycles. The highest BCUT2D eigenvalue weighted by atomic mass is 19.1. The van der Waals surface area contributed by atoms with Crippen LogP contribution in [0.3, 0.4) is 0 Å². The van der Waals surface area contributed by atoms with Gasteiger partial charge in [0.05, 0.1) is 0 Å². The molecule has 1 atom stereocenters. The zero-order chi connectivity index (χ0) is 18.3. The number of halogens is 1. The van der Waals surface area contributed by atoms with Crippen LogP contribution in [0.25, 0.3) is 0 Å². The summed E-state index contributed by atoms with van der Waals surface area (Å²) in [7, 11) is 0. The molecule has 0 amide bonds. The van der Waals surface area contributed by atoms with Gasteiger partial charge in [0.15, 0.2) is 0 Å². The first-order valence-electron chi connectivity index (χ1n) is 10.5. The van der Waals surface area contributed by atoms with Crippen molar-refractivity contribution >= 4 is 0 Å². The zero-order valence-electron chi connectivity index (χ0n) is 16.0. The third-order valence-corrected chi connectivity index (χ3v) is 7.28. The van der Waals surface area contributed by atoms with Crippen LogP contribution in [-0.2, 0) is 19.5 Å². The summed E-state index contributed by atoms with van der Waals surface area (Å²) in [5.74, 6) is -0.0166. The van der Waals surface area contributed by atoms with E-state index in [9.17, 15) is 4.39 Å². The Kier molecular flexibility index (Phi) is 4.53. The number of rotatable bonds is 3. The maximum absolute atomic E-state index is 14.3. The standard InChI is InChI=1S/C24H29FN2/c25-23-9-4-8-20-10-14-26(18-22(20)23)21-11-15-27(24(16-21)12-5-13-24)17-19-6-2-1-3-7-19/h1-4,6-9,21H,5,10-18H2/t21-/m0/s1. The van der Waals surface area contributed by atoms with Crippen molar-refractivity contribution in [3.05, 3.63) is 71.0 Å². The van der Waals surface area contributed by atoms with Crippen LogP contribution in [0, 0.1) is 5.82 Å². The van der Waals surface area contributed by atoms with Gasteiger partial charge < -0.3 is 0 Å². The summed E-state index contributed by atoms with van der Waals surface area (Å²) in [5.41, 5.74) is 3.97. The van der Waals surface area contributed by atoms with Crippen molar-refractivity contribution in [3.63, 3.8) is 0 Å². The summed E-state index contributed by atoms with van der Waals surface area (Å²) in [5, 5.41) is 0. The highest BCUT2D eigenvalue weighted by molar-refractivity contribution is 5.31. The van der Waals surface area contributed by atoms with E-state index >= 15 is 0 Å². The second-order valence-corrected chi connectivity index (χ2v) is 8.73. The molecule has 2 nitrogen and oxygen atoms in total. The average molecular weight is 365 g/mol. The number of hydrogen-bond acceptors (Lipinski definition) is 2. The molecule has 0 aromatic heterocycles. The van der Waals surface area contributed by atoms with Crippen LogP contribution in [0.2, 0.25) is 0 Å². The van der Waals surface area contributed by atoms with Gasteiger partial charge in [0, 0.05) is 43.3 Å². The molecule has 27 heavy (non-hydrogen) atoms. The van der Waals surface area contributed by atoms with Gasteiger partial charge in [0.1, 0.15) is 5.82 Å². The van der Waals surface area contributed by atoms with E-state index in [1.54, 1.807) is 6.07 Å². The molecule has 3 aliphatic rings. The first-order valence-corrected chi connectivity index (χ1v) is 10.5. The predicted molar refractivity (Wildman–Crippen MR) is 107 cm³/mol. The molecule has 0 N–H and O–H groups in total. The minimum Gasteiger partial charge on any atom is -0.296 e. The second-order valence-electron chi connectivity index (χ2n) is 8.73. The lowest BCUT2D eigenvalue weighted by Crippen LogP contribution is -2.61. The predicted octanol–water partition coefficient (Wildman–Crippen LogP) is 4.77. The van der Waals surface area contributed by atoms with Gasteiger partial charge >= 0.3 is 0 Å². The summed E-state index contributed by atoms with van der Waals surface area (Å²) in [6.07, 6.45) is 7.46. The molecule has 1 saturated carbocycles. The third kappa shape index (κ3) is 3.21. The lowest BCUT2D eigenvalue weighted by Gasteiger charge is -2.57. The van der Waals surface area contributed by atoms with Crippen LogP contribution >= 0.6 is 0 Å². The van der Waals surface area contributed by atoms with Crippen LogP contribution in [0.15, 0.2) is 48.5 Å². The summed E-state index contributed by atoms with van der Waals surface area (Å²) in [6.45, 7) is 4.11. The Bertz CT molecular complexity index is 799. The van der Waals surface area contributed by atoms with E-state index in [1.807, 2.05) is 6.07 Å². The second kappa shape index (κ2) is 7.03. The van der Waals surface area contributed by atoms with Gasteiger partial charge in [0.25, 0.3) is 0 Å². The van der Waals surface area contributed by atoms with Crippen LogP contribution in [0.1, 0.15) is 48.8 Å². The van der Waals surface area contributed by atoms with Crippen LogP contribution in [-0.4, -0.2) is 34.5 Å². The number of benzene rings is 2. The van der Waals surface area contributed by atoms with Gasteiger partial charge in [0.2, 0.25) is 0 Å². The fraction of sp³-hybridized carbons (Fsp3) is 0.500. The fourth-order valence-electron chi connectivity index (χ4n) is 5.55. The number of fused-ring (bicyclic) bond motifs is 1. The summed E-state index contributed by atoms with van der Waals surface area (Å²) < 4.78 is 14.3. The van der Waals surface area contributed by atoms with Crippen LogP contribution < -0.4 is 0 Å². The molecule has 0 radical (unpaired) electrons. The van der Waals surface area contributed by atoms with Crippen LogP contribution in [0.5, 0.6) is 0 Å². The Balaban J connectivity index is 1.31. The van der Waals surface area contributed by atoms with E-state index in [2.05, 4.69) is 46.2 Å². The summed E-state index contributed by atoms with van der Waals surface area (Å²) in [6, 6.07) is 17.1. The molecule has 1 spiro atoms. The van der Waals surface area contributed by atoms with Crippen molar-refractivity contribution in [1.29, 1.82) is 0 Å². The molecule has 142 valence electrons. The minimum atomic E-state index is -0.0166. The zero-order valence-corrected chi connectivity index (χ0v) is 16.0. The first kappa shape index (κ1) is 17.4. The van der Waals surface area contributed by atoms with Crippen molar-refractivity contribution in [2.45, 2.75) is 63.2 Å². The first-order chi connectivity index (χ1) is 13.2. The normalized spacial score (nSPS) is 25.1. The Morgan fingerprint density at radius 3 is 2.63 bits per heavy atom. The number of hydrogen-bond donors (Lipinski definition) is 0. The Labute approximate surface area is 162 Å². The van der Waals surface area contributed by atoms with Gasteiger partial charge in [-0.1, -0.05) is 42.5 Å². The maximum atomic E-state index is 14.3. The number of likely N-dealkylation sites (tertiary alicyclic amines) is 1. The lowest BCUT2D eigenvalue weighted by atomic mass is 9.68. The van der Waals surface area contributed by atoms with Crippen molar-refractivity contribution in [3.8, 4) is 0 Å². The molecule has 3 heteroatoms.